The zero-order chi connectivity index (χ0) is 11.8. The molecule has 6 nitrogen and oxygen atoms in total. The highest BCUT2D eigenvalue weighted by Crippen LogP contribution is 1.98. The molecule has 0 fully saturated rings. The Morgan fingerprint density at radius 2 is 1.87 bits per heavy atom. The highest BCUT2D eigenvalue weighted by atomic mass is 16.4. The van der Waals surface area contributed by atoms with Crippen molar-refractivity contribution in [3.63, 3.8) is 0 Å². The van der Waals surface area contributed by atoms with Crippen LogP contribution in [0.2, 0.25) is 0 Å². The molecule has 0 aromatic carbocycles. The lowest BCUT2D eigenvalue weighted by Gasteiger charge is -2.09. The lowest BCUT2D eigenvalue weighted by Crippen LogP contribution is -2.34. The molecule has 6 heteroatoms. The molecule has 0 radical (unpaired) electrons. The largest absolute Gasteiger partial charge is 0.480 e. The van der Waals surface area contributed by atoms with Gasteiger partial charge in [0.1, 0.15) is 12.1 Å². The topological polar surface area (TPSA) is 113 Å². The molecule has 15 heavy (non-hydrogen) atoms. The summed E-state index contributed by atoms with van der Waals surface area (Å²) in [7, 11) is 0. The Labute approximate surface area is 88.5 Å². The fourth-order valence-corrected chi connectivity index (χ4v) is 1.02. The van der Waals surface area contributed by atoms with Crippen LogP contribution in [0, 0.1) is 0 Å². The van der Waals surface area contributed by atoms with E-state index >= 15 is 0 Å². The van der Waals surface area contributed by atoms with Gasteiger partial charge in [-0.25, -0.2) is 0 Å². The van der Waals surface area contributed by atoms with Gasteiger partial charge < -0.3 is 21.3 Å². The van der Waals surface area contributed by atoms with E-state index in [4.69, 9.17) is 15.9 Å². The minimum Gasteiger partial charge on any atom is -0.480 e. The Hall–Kier alpha value is -1.14. The summed E-state index contributed by atoms with van der Waals surface area (Å²) in [6, 6.07) is -1.39. The van der Waals surface area contributed by atoms with Crippen molar-refractivity contribution < 1.29 is 19.8 Å². The first kappa shape index (κ1) is 13.9. The van der Waals surface area contributed by atoms with Crippen LogP contribution < -0.4 is 11.1 Å². The minimum atomic E-state index is -0.998. The van der Waals surface area contributed by atoms with Gasteiger partial charge in [-0.15, -0.1) is 0 Å². The minimum absolute atomic E-state index is 0.415. The Morgan fingerprint density at radius 1 is 1.27 bits per heavy atom. The van der Waals surface area contributed by atoms with Crippen LogP contribution >= 0.6 is 0 Å². The van der Waals surface area contributed by atoms with Crippen molar-refractivity contribution in [2.45, 2.75) is 38.3 Å². The second-order valence-electron chi connectivity index (χ2n) is 3.45. The number of hydrogen-bond acceptors (Lipinski definition) is 4. The molecule has 0 saturated heterocycles. The van der Waals surface area contributed by atoms with Gasteiger partial charge in [0.2, 0.25) is 0 Å². The van der Waals surface area contributed by atoms with E-state index in [9.17, 15) is 9.59 Å². The summed E-state index contributed by atoms with van der Waals surface area (Å²) in [5.41, 5.74) is 5.29. The molecule has 0 aliphatic rings. The van der Waals surface area contributed by atoms with E-state index in [1.807, 2.05) is 0 Å². The monoisotopic (exact) mass is 218 g/mol. The second-order valence-corrected chi connectivity index (χ2v) is 3.45. The Balaban J connectivity index is 3.40. The third kappa shape index (κ3) is 6.87. The molecule has 0 rings (SSSR count). The molecule has 0 saturated carbocycles. The summed E-state index contributed by atoms with van der Waals surface area (Å²) >= 11 is 0. The van der Waals surface area contributed by atoms with Crippen LogP contribution in [0.25, 0.3) is 0 Å². The SMILES string of the molecule is CC(NCCCC[C@H](N)C(=O)O)C(=O)O. The van der Waals surface area contributed by atoms with Crippen LogP contribution in [-0.2, 0) is 9.59 Å². The maximum atomic E-state index is 10.4. The maximum absolute atomic E-state index is 10.4. The van der Waals surface area contributed by atoms with E-state index in [2.05, 4.69) is 5.32 Å². The lowest BCUT2D eigenvalue weighted by molar-refractivity contribution is -0.139. The van der Waals surface area contributed by atoms with Gasteiger partial charge >= 0.3 is 11.9 Å². The molecule has 0 amide bonds. The van der Waals surface area contributed by atoms with Crippen molar-refractivity contribution in [1.29, 1.82) is 0 Å². The number of carboxylic acids is 2. The molecule has 0 aromatic heterocycles. The summed E-state index contributed by atoms with van der Waals surface area (Å²) in [5, 5.41) is 19.8. The summed E-state index contributed by atoms with van der Waals surface area (Å²) in [6.45, 7) is 2.12. The number of hydrogen-bond donors (Lipinski definition) is 4. The quantitative estimate of drug-likeness (QED) is 0.413. The van der Waals surface area contributed by atoms with E-state index in [0.717, 1.165) is 6.42 Å². The van der Waals surface area contributed by atoms with Crippen molar-refractivity contribution in [2.75, 3.05) is 6.54 Å². The number of nitrogens with two attached hydrogens (primary N) is 1. The van der Waals surface area contributed by atoms with Gasteiger partial charge in [0, 0.05) is 0 Å². The normalized spacial score (nSPS) is 14.5. The van der Waals surface area contributed by atoms with Crippen molar-refractivity contribution >= 4 is 11.9 Å². The predicted molar refractivity (Wildman–Crippen MR) is 54.6 cm³/mol. The molecule has 0 spiro atoms. The average molecular weight is 218 g/mol. The van der Waals surface area contributed by atoms with E-state index in [-0.39, 0.29) is 0 Å². The summed E-state index contributed by atoms with van der Waals surface area (Å²) in [6.07, 6.45) is 1.81. The molecule has 2 atom stereocenters. The van der Waals surface area contributed by atoms with Gasteiger partial charge in [-0.05, 0) is 26.3 Å². The second kappa shape index (κ2) is 7.19. The average Bonchev–Trinajstić information content (AvgIpc) is 2.16. The van der Waals surface area contributed by atoms with E-state index in [0.29, 0.717) is 19.4 Å². The van der Waals surface area contributed by atoms with Crippen molar-refractivity contribution in [3.05, 3.63) is 0 Å². The molecule has 1 unspecified atom stereocenters. The van der Waals surface area contributed by atoms with Crippen LogP contribution in [0.5, 0.6) is 0 Å². The van der Waals surface area contributed by atoms with Gasteiger partial charge in [-0.3, -0.25) is 9.59 Å². The zero-order valence-electron chi connectivity index (χ0n) is 8.77. The van der Waals surface area contributed by atoms with Crippen molar-refractivity contribution in [3.8, 4) is 0 Å². The standard InChI is InChI=1S/C9H18N2O4/c1-6(8(12)13)11-5-3-2-4-7(10)9(14)15/h6-7,11H,2-5,10H2,1H3,(H,12,13)(H,14,15)/t6?,7-/m0/s1. The number of carboxylic acid groups (broad SMARTS) is 2. The third-order valence-corrected chi connectivity index (χ3v) is 2.08. The van der Waals surface area contributed by atoms with E-state index < -0.39 is 24.0 Å². The van der Waals surface area contributed by atoms with Crippen LogP contribution in [0.15, 0.2) is 0 Å². The van der Waals surface area contributed by atoms with Crippen LogP contribution in [-0.4, -0.2) is 40.8 Å². The molecule has 5 N–H and O–H groups in total. The smallest absolute Gasteiger partial charge is 0.320 e. The molecular formula is C9H18N2O4. The van der Waals surface area contributed by atoms with Crippen LogP contribution in [0.1, 0.15) is 26.2 Å². The first-order valence-electron chi connectivity index (χ1n) is 4.89. The maximum Gasteiger partial charge on any atom is 0.320 e. The fourth-order valence-electron chi connectivity index (χ4n) is 1.02. The lowest BCUT2D eigenvalue weighted by atomic mass is 10.1. The van der Waals surface area contributed by atoms with Gasteiger partial charge in [0.15, 0.2) is 0 Å². The molecule has 0 aromatic rings. The highest BCUT2D eigenvalue weighted by Gasteiger charge is 2.11. The van der Waals surface area contributed by atoms with Gasteiger partial charge in [0.25, 0.3) is 0 Å². The molecule has 88 valence electrons. The number of unbranched alkanes of at least 4 members (excludes halogenated alkanes) is 1. The summed E-state index contributed by atoms with van der Waals surface area (Å²) < 4.78 is 0. The third-order valence-electron chi connectivity index (χ3n) is 2.08. The fraction of sp³-hybridized carbons (Fsp3) is 0.778. The Kier molecular flexibility index (Phi) is 6.64. The Bertz CT molecular complexity index is 198. The van der Waals surface area contributed by atoms with E-state index in [1.165, 1.54) is 0 Å². The molecule has 0 bridgehead atoms. The molecule has 0 aliphatic carbocycles. The summed E-state index contributed by atoms with van der Waals surface area (Å²) in [4.78, 5) is 20.7. The van der Waals surface area contributed by atoms with Crippen LogP contribution in [0.3, 0.4) is 0 Å². The molecular weight excluding hydrogens is 200 g/mol. The number of rotatable bonds is 8. The number of aliphatic carboxylic acids is 2. The number of carbonyl (C=O) groups is 2. The highest BCUT2D eigenvalue weighted by molar-refractivity contribution is 5.73. The summed E-state index contributed by atoms with van der Waals surface area (Å²) in [5.74, 6) is -1.89. The van der Waals surface area contributed by atoms with E-state index in [1.54, 1.807) is 6.92 Å². The van der Waals surface area contributed by atoms with Gasteiger partial charge in [0.05, 0.1) is 0 Å². The first-order valence-corrected chi connectivity index (χ1v) is 4.89. The van der Waals surface area contributed by atoms with Crippen molar-refractivity contribution in [2.24, 2.45) is 5.73 Å². The predicted octanol–water partition coefficient (Wildman–Crippen LogP) is -0.369. The number of nitrogens with one attached hydrogen (secondary N) is 1. The van der Waals surface area contributed by atoms with Gasteiger partial charge in [-0.1, -0.05) is 6.42 Å². The van der Waals surface area contributed by atoms with Gasteiger partial charge in [-0.2, -0.15) is 0 Å². The van der Waals surface area contributed by atoms with Crippen molar-refractivity contribution in [1.82, 2.24) is 5.32 Å². The molecule has 0 heterocycles. The zero-order valence-corrected chi connectivity index (χ0v) is 8.77. The Morgan fingerprint density at radius 3 is 2.33 bits per heavy atom. The molecule has 0 aliphatic heterocycles. The first-order chi connectivity index (χ1) is 6.95. The van der Waals surface area contributed by atoms with Crippen LogP contribution in [0.4, 0.5) is 0 Å².